The lowest BCUT2D eigenvalue weighted by molar-refractivity contribution is 0.102. The molecule has 0 aliphatic heterocycles. The van der Waals surface area contributed by atoms with E-state index in [1.165, 1.54) is 18.1 Å². The lowest BCUT2D eigenvalue weighted by atomic mass is 10.0. The summed E-state index contributed by atoms with van der Waals surface area (Å²) in [4.78, 5) is 24.0. The standard InChI is InChI=1S/C22H20N4O/c1-13-5-4-6-16(9-13)21-14(2)18-10-17(7-8-20(18)26-21)25-22(27)19-11-23-12-24-15(19)3/h4-12,26H,1-3H3,(H,25,27). The van der Waals surface area contributed by atoms with Crippen molar-refractivity contribution in [3.63, 3.8) is 0 Å². The molecule has 0 spiro atoms. The van der Waals surface area contributed by atoms with E-state index in [0.29, 0.717) is 11.3 Å². The van der Waals surface area contributed by atoms with Gasteiger partial charge < -0.3 is 10.3 Å². The zero-order valence-corrected chi connectivity index (χ0v) is 15.5. The van der Waals surface area contributed by atoms with Crippen LogP contribution in [0.4, 0.5) is 5.69 Å². The summed E-state index contributed by atoms with van der Waals surface area (Å²) in [5.41, 5.74) is 7.56. The highest BCUT2D eigenvalue weighted by molar-refractivity contribution is 6.06. The van der Waals surface area contributed by atoms with Crippen LogP contribution in [0.15, 0.2) is 55.0 Å². The number of anilines is 1. The van der Waals surface area contributed by atoms with Crippen LogP contribution >= 0.6 is 0 Å². The van der Waals surface area contributed by atoms with Crippen LogP contribution in [0, 0.1) is 20.8 Å². The monoisotopic (exact) mass is 356 g/mol. The molecule has 0 bridgehead atoms. The summed E-state index contributed by atoms with van der Waals surface area (Å²) in [7, 11) is 0. The van der Waals surface area contributed by atoms with E-state index in [1.54, 1.807) is 6.92 Å². The SMILES string of the molecule is Cc1cccc(-c2[nH]c3ccc(NC(=O)c4cncnc4C)cc3c2C)c1. The predicted molar refractivity (Wildman–Crippen MR) is 108 cm³/mol. The van der Waals surface area contributed by atoms with Crippen LogP contribution in [-0.2, 0) is 0 Å². The molecule has 0 unspecified atom stereocenters. The fourth-order valence-electron chi connectivity index (χ4n) is 3.31. The van der Waals surface area contributed by atoms with E-state index in [4.69, 9.17) is 0 Å². The average Bonchev–Trinajstić information content (AvgIpc) is 2.98. The maximum Gasteiger partial charge on any atom is 0.259 e. The first-order valence-electron chi connectivity index (χ1n) is 8.80. The van der Waals surface area contributed by atoms with Crippen LogP contribution in [0.2, 0.25) is 0 Å². The van der Waals surface area contributed by atoms with Crippen molar-refractivity contribution in [1.29, 1.82) is 0 Å². The second kappa shape index (κ2) is 6.68. The molecule has 0 saturated carbocycles. The summed E-state index contributed by atoms with van der Waals surface area (Å²) in [6.45, 7) is 5.98. The first-order valence-corrected chi connectivity index (χ1v) is 8.80. The number of carbonyl (C=O) groups excluding carboxylic acids is 1. The van der Waals surface area contributed by atoms with Gasteiger partial charge in [0.1, 0.15) is 6.33 Å². The van der Waals surface area contributed by atoms with Crippen LogP contribution in [0.25, 0.3) is 22.2 Å². The quantitative estimate of drug-likeness (QED) is 0.554. The van der Waals surface area contributed by atoms with E-state index in [0.717, 1.165) is 33.4 Å². The Balaban J connectivity index is 1.69. The zero-order valence-electron chi connectivity index (χ0n) is 15.5. The molecule has 4 rings (SSSR count). The number of benzene rings is 2. The van der Waals surface area contributed by atoms with Crippen molar-refractivity contribution in [3.05, 3.63) is 77.4 Å². The summed E-state index contributed by atoms with van der Waals surface area (Å²) in [5, 5.41) is 4.03. The zero-order chi connectivity index (χ0) is 19.0. The van der Waals surface area contributed by atoms with Crippen LogP contribution in [0.3, 0.4) is 0 Å². The number of hydrogen-bond acceptors (Lipinski definition) is 3. The molecule has 0 fully saturated rings. The van der Waals surface area contributed by atoms with E-state index in [1.807, 2.05) is 18.2 Å². The molecule has 2 heterocycles. The first kappa shape index (κ1) is 17.0. The maximum atomic E-state index is 12.5. The minimum atomic E-state index is -0.209. The third-order valence-electron chi connectivity index (χ3n) is 4.78. The fourth-order valence-corrected chi connectivity index (χ4v) is 3.31. The summed E-state index contributed by atoms with van der Waals surface area (Å²) in [6.07, 6.45) is 2.97. The summed E-state index contributed by atoms with van der Waals surface area (Å²) < 4.78 is 0. The van der Waals surface area contributed by atoms with Crippen LogP contribution in [0.5, 0.6) is 0 Å². The highest BCUT2D eigenvalue weighted by atomic mass is 16.1. The molecule has 0 aliphatic carbocycles. The highest BCUT2D eigenvalue weighted by Gasteiger charge is 2.13. The van der Waals surface area contributed by atoms with Crippen molar-refractivity contribution in [2.24, 2.45) is 0 Å². The van der Waals surface area contributed by atoms with Crippen LogP contribution < -0.4 is 5.32 Å². The molecule has 0 radical (unpaired) electrons. The Morgan fingerprint density at radius 1 is 1.07 bits per heavy atom. The molecule has 0 saturated heterocycles. The Bertz CT molecular complexity index is 1160. The summed E-state index contributed by atoms with van der Waals surface area (Å²) in [6, 6.07) is 14.3. The molecule has 134 valence electrons. The molecule has 1 amide bonds. The van der Waals surface area contributed by atoms with Crippen molar-refractivity contribution in [3.8, 4) is 11.3 Å². The third kappa shape index (κ3) is 3.19. The molecule has 27 heavy (non-hydrogen) atoms. The number of aryl methyl sites for hydroxylation is 3. The van der Waals surface area contributed by atoms with E-state index >= 15 is 0 Å². The normalized spacial score (nSPS) is 10.9. The van der Waals surface area contributed by atoms with Crippen molar-refractivity contribution in [1.82, 2.24) is 15.0 Å². The van der Waals surface area contributed by atoms with Gasteiger partial charge in [-0.1, -0.05) is 23.8 Å². The fraction of sp³-hybridized carbons (Fsp3) is 0.136. The average molecular weight is 356 g/mol. The van der Waals surface area contributed by atoms with Crippen molar-refractivity contribution < 1.29 is 4.79 Å². The summed E-state index contributed by atoms with van der Waals surface area (Å²) in [5.74, 6) is -0.209. The number of aromatic nitrogens is 3. The molecule has 5 heteroatoms. The van der Waals surface area contributed by atoms with Gasteiger partial charge in [-0.15, -0.1) is 0 Å². The number of nitrogens with zero attached hydrogens (tertiary/aromatic N) is 2. The Labute approximate surface area is 157 Å². The highest BCUT2D eigenvalue weighted by Crippen LogP contribution is 2.31. The van der Waals surface area contributed by atoms with E-state index < -0.39 is 0 Å². The Hall–Kier alpha value is -3.47. The molecular weight excluding hydrogens is 336 g/mol. The lowest BCUT2D eigenvalue weighted by Crippen LogP contribution is -2.14. The molecule has 4 aromatic rings. The molecule has 5 nitrogen and oxygen atoms in total. The van der Waals surface area contributed by atoms with Gasteiger partial charge in [-0.3, -0.25) is 4.79 Å². The van der Waals surface area contributed by atoms with Crippen molar-refractivity contribution in [2.45, 2.75) is 20.8 Å². The molecule has 2 aromatic carbocycles. The minimum Gasteiger partial charge on any atom is -0.354 e. The second-order valence-corrected chi connectivity index (χ2v) is 6.73. The Morgan fingerprint density at radius 3 is 2.70 bits per heavy atom. The number of aromatic amines is 1. The topological polar surface area (TPSA) is 70.7 Å². The van der Waals surface area contributed by atoms with Gasteiger partial charge in [0, 0.05) is 28.5 Å². The summed E-state index contributed by atoms with van der Waals surface area (Å²) >= 11 is 0. The predicted octanol–water partition coefficient (Wildman–Crippen LogP) is 4.80. The molecule has 2 aromatic heterocycles. The minimum absolute atomic E-state index is 0.209. The number of carbonyl (C=O) groups is 1. The van der Waals surface area contributed by atoms with E-state index in [2.05, 4.69) is 58.4 Å². The van der Waals surface area contributed by atoms with Gasteiger partial charge in [-0.05, 0) is 56.2 Å². The number of hydrogen-bond donors (Lipinski definition) is 2. The van der Waals surface area contributed by atoms with E-state index in [-0.39, 0.29) is 5.91 Å². The van der Waals surface area contributed by atoms with E-state index in [9.17, 15) is 4.79 Å². The first-order chi connectivity index (χ1) is 13.0. The lowest BCUT2D eigenvalue weighted by Gasteiger charge is -2.07. The second-order valence-electron chi connectivity index (χ2n) is 6.73. The van der Waals surface area contributed by atoms with Gasteiger partial charge in [-0.25, -0.2) is 9.97 Å². The largest absolute Gasteiger partial charge is 0.354 e. The van der Waals surface area contributed by atoms with Gasteiger partial charge in [0.05, 0.1) is 11.3 Å². The van der Waals surface area contributed by atoms with Crippen molar-refractivity contribution >= 4 is 22.5 Å². The number of H-pyrrole nitrogens is 1. The number of rotatable bonds is 3. The van der Waals surface area contributed by atoms with Crippen LogP contribution in [0.1, 0.15) is 27.2 Å². The maximum absolute atomic E-state index is 12.5. The van der Waals surface area contributed by atoms with Gasteiger partial charge in [-0.2, -0.15) is 0 Å². The molecule has 2 N–H and O–H groups in total. The Kier molecular flexibility index (Phi) is 4.20. The van der Waals surface area contributed by atoms with Gasteiger partial charge in [0.2, 0.25) is 0 Å². The molecule has 0 aliphatic rings. The van der Waals surface area contributed by atoms with Gasteiger partial charge in [0.25, 0.3) is 5.91 Å². The Morgan fingerprint density at radius 2 is 1.93 bits per heavy atom. The number of amides is 1. The third-order valence-corrected chi connectivity index (χ3v) is 4.78. The van der Waals surface area contributed by atoms with Crippen LogP contribution in [-0.4, -0.2) is 20.9 Å². The molecular formula is C22H20N4O. The van der Waals surface area contributed by atoms with Gasteiger partial charge in [0.15, 0.2) is 0 Å². The van der Waals surface area contributed by atoms with Crippen molar-refractivity contribution in [2.75, 3.05) is 5.32 Å². The smallest absolute Gasteiger partial charge is 0.259 e. The number of fused-ring (bicyclic) bond motifs is 1. The number of nitrogens with one attached hydrogen (secondary N) is 2. The molecule has 0 atom stereocenters. The van der Waals surface area contributed by atoms with Gasteiger partial charge >= 0.3 is 0 Å².